The second-order valence-corrected chi connectivity index (χ2v) is 7.35. The summed E-state index contributed by atoms with van der Waals surface area (Å²) in [4.78, 5) is 20.0. The van der Waals surface area contributed by atoms with Gasteiger partial charge in [-0.3, -0.25) is 4.79 Å². The fraction of sp³-hybridized carbons (Fsp3) is 0.400. The quantitative estimate of drug-likeness (QED) is 0.736. The van der Waals surface area contributed by atoms with Gasteiger partial charge in [0.2, 0.25) is 5.91 Å². The first-order valence-electron chi connectivity index (χ1n) is 9.03. The number of carbonyl (C=O) groups is 1. The van der Waals surface area contributed by atoms with Gasteiger partial charge in [-0.15, -0.1) is 0 Å². The highest BCUT2D eigenvalue weighted by Gasteiger charge is 2.37. The van der Waals surface area contributed by atoms with Crippen molar-refractivity contribution in [2.75, 3.05) is 25.0 Å². The molecule has 1 aromatic carbocycles. The predicted molar refractivity (Wildman–Crippen MR) is 102 cm³/mol. The van der Waals surface area contributed by atoms with E-state index >= 15 is 0 Å². The Bertz CT molecular complexity index is 843. The zero-order valence-electron chi connectivity index (χ0n) is 15.4. The lowest BCUT2D eigenvalue weighted by Crippen LogP contribution is -2.44. The Balaban J connectivity index is 1.73. The number of carbonyl (C=O) groups excluding carboxylic acids is 1. The number of alkyl halides is 3. The summed E-state index contributed by atoms with van der Waals surface area (Å²) in [5, 5.41) is 0.579. The third-order valence-electron chi connectivity index (χ3n) is 4.90. The van der Waals surface area contributed by atoms with Gasteiger partial charge in [0.1, 0.15) is 5.82 Å². The van der Waals surface area contributed by atoms with Gasteiger partial charge in [0.05, 0.1) is 11.5 Å². The van der Waals surface area contributed by atoms with Crippen LogP contribution in [0.4, 0.5) is 19.0 Å². The molecule has 0 spiro atoms. The van der Waals surface area contributed by atoms with Crippen LogP contribution in [0.3, 0.4) is 0 Å². The molecule has 1 amide bonds. The van der Waals surface area contributed by atoms with E-state index in [9.17, 15) is 18.0 Å². The van der Waals surface area contributed by atoms with E-state index in [1.807, 2.05) is 18.2 Å². The number of hydrogen-bond acceptors (Lipinski definition) is 3. The molecule has 1 fully saturated rings. The summed E-state index contributed by atoms with van der Waals surface area (Å²) in [5.41, 5.74) is 0.0595. The topological polar surface area (TPSA) is 36.4 Å². The Morgan fingerprint density at radius 2 is 2.04 bits per heavy atom. The number of halogens is 4. The van der Waals surface area contributed by atoms with Crippen molar-refractivity contribution in [1.29, 1.82) is 0 Å². The standard InChI is InChI=1S/C20H21ClF3N3O/c1-26(12-14-6-2-3-9-17(14)21)19(28)15-7-5-11-27(13-15)18-16(20(22,23)24)8-4-10-25-18/h2-4,6,8-10,15H,5,7,11-13H2,1H3. The Hall–Kier alpha value is -2.28. The molecule has 0 N–H and O–H groups in total. The molecule has 1 unspecified atom stereocenters. The van der Waals surface area contributed by atoms with Gasteiger partial charge in [-0.1, -0.05) is 29.8 Å². The van der Waals surface area contributed by atoms with Gasteiger partial charge in [0.25, 0.3) is 0 Å². The van der Waals surface area contributed by atoms with Crippen molar-refractivity contribution in [3.8, 4) is 0 Å². The molecular weight excluding hydrogens is 391 g/mol. The van der Waals surface area contributed by atoms with Gasteiger partial charge in [-0.05, 0) is 36.6 Å². The molecule has 1 atom stereocenters. The van der Waals surface area contributed by atoms with E-state index in [0.29, 0.717) is 31.0 Å². The van der Waals surface area contributed by atoms with Crippen molar-refractivity contribution in [1.82, 2.24) is 9.88 Å². The second-order valence-electron chi connectivity index (χ2n) is 6.94. The lowest BCUT2D eigenvalue weighted by atomic mass is 9.96. The Labute approximate surface area is 166 Å². The van der Waals surface area contributed by atoms with E-state index in [0.717, 1.165) is 11.6 Å². The van der Waals surface area contributed by atoms with Crippen molar-refractivity contribution < 1.29 is 18.0 Å². The van der Waals surface area contributed by atoms with E-state index in [4.69, 9.17) is 11.6 Å². The molecule has 150 valence electrons. The van der Waals surface area contributed by atoms with Gasteiger partial charge in [-0.2, -0.15) is 13.2 Å². The van der Waals surface area contributed by atoms with Crippen LogP contribution in [0.1, 0.15) is 24.0 Å². The van der Waals surface area contributed by atoms with E-state index in [1.165, 1.54) is 12.3 Å². The molecule has 4 nitrogen and oxygen atoms in total. The third kappa shape index (κ3) is 4.58. The van der Waals surface area contributed by atoms with Gasteiger partial charge in [0, 0.05) is 37.9 Å². The fourth-order valence-electron chi connectivity index (χ4n) is 3.51. The fourth-order valence-corrected chi connectivity index (χ4v) is 3.71. The number of hydrogen-bond donors (Lipinski definition) is 0. The molecule has 2 heterocycles. The summed E-state index contributed by atoms with van der Waals surface area (Å²) in [6.07, 6.45) is -1.87. The van der Waals surface area contributed by atoms with Crippen LogP contribution in [0.5, 0.6) is 0 Å². The maximum atomic E-state index is 13.3. The monoisotopic (exact) mass is 411 g/mol. The third-order valence-corrected chi connectivity index (χ3v) is 5.27. The molecule has 0 saturated carbocycles. The van der Waals surface area contributed by atoms with E-state index < -0.39 is 11.7 Å². The van der Waals surface area contributed by atoms with Crippen LogP contribution in [0.25, 0.3) is 0 Å². The number of piperidine rings is 1. The molecule has 8 heteroatoms. The molecule has 2 aromatic rings. The molecule has 0 radical (unpaired) electrons. The first kappa shape index (κ1) is 20.5. The number of benzene rings is 1. The minimum atomic E-state index is -4.48. The van der Waals surface area contributed by atoms with Crippen LogP contribution in [0, 0.1) is 5.92 Å². The lowest BCUT2D eigenvalue weighted by Gasteiger charge is -2.35. The number of rotatable bonds is 4. The van der Waals surface area contributed by atoms with E-state index in [2.05, 4.69) is 4.98 Å². The zero-order valence-corrected chi connectivity index (χ0v) is 16.2. The molecule has 1 aromatic heterocycles. The predicted octanol–water partition coefficient (Wildman–Crippen LogP) is 4.63. The number of nitrogens with zero attached hydrogens (tertiary/aromatic N) is 3. The summed E-state index contributed by atoms with van der Waals surface area (Å²) in [7, 11) is 1.69. The number of amides is 1. The summed E-state index contributed by atoms with van der Waals surface area (Å²) >= 11 is 6.16. The van der Waals surface area contributed by atoms with Gasteiger partial charge in [0.15, 0.2) is 0 Å². The van der Waals surface area contributed by atoms with E-state index in [1.54, 1.807) is 22.9 Å². The van der Waals surface area contributed by atoms with Crippen LogP contribution in [0.2, 0.25) is 5.02 Å². The number of anilines is 1. The largest absolute Gasteiger partial charge is 0.419 e. The van der Waals surface area contributed by atoms with Crippen LogP contribution in [0.15, 0.2) is 42.6 Å². The summed E-state index contributed by atoms with van der Waals surface area (Å²) < 4.78 is 39.9. The molecule has 1 aliphatic rings. The molecular formula is C20H21ClF3N3O. The van der Waals surface area contributed by atoms with Crippen molar-refractivity contribution in [3.63, 3.8) is 0 Å². The van der Waals surface area contributed by atoms with Crippen LogP contribution >= 0.6 is 11.6 Å². The van der Waals surface area contributed by atoms with Crippen molar-refractivity contribution in [3.05, 3.63) is 58.7 Å². The summed E-state index contributed by atoms with van der Waals surface area (Å²) in [6.45, 7) is 1.01. The number of aromatic nitrogens is 1. The summed E-state index contributed by atoms with van der Waals surface area (Å²) in [5.74, 6) is -0.598. The maximum absolute atomic E-state index is 13.3. The molecule has 1 saturated heterocycles. The minimum Gasteiger partial charge on any atom is -0.355 e. The Kier molecular flexibility index (Phi) is 6.13. The highest BCUT2D eigenvalue weighted by Crippen LogP contribution is 2.36. The minimum absolute atomic E-state index is 0.103. The van der Waals surface area contributed by atoms with Crippen LogP contribution in [-0.2, 0) is 17.5 Å². The Morgan fingerprint density at radius 1 is 1.29 bits per heavy atom. The first-order valence-corrected chi connectivity index (χ1v) is 9.40. The smallest absolute Gasteiger partial charge is 0.355 e. The van der Waals surface area contributed by atoms with Crippen LogP contribution < -0.4 is 4.90 Å². The highest BCUT2D eigenvalue weighted by atomic mass is 35.5. The number of pyridine rings is 1. The van der Waals surface area contributed by atoms with Crippen molar-refractivity contribution in [2.24, 2.45) is 5.92 Å². The summed E-state index contributed by atoms with van der Waals surface area (Å²) in [6, 6.07) is 9.58. The lowest BCUT2D eigenvalue weighted by molar-refractivity contribution is -0.137. The molecule has 0 bridgehead atoms. The molecule has 3 rings (SSSR count). The molecule has 0 aliphatic carbocycles. The molecule has 28 heavy (non-hydrogen) atoms. The highest BCUT2D eigenvalue weighted by molar-refractivity contribution is 6.31. The normalized spacial score (nSPS) is 17.5. The van der Waals surface area contributed by atoms with Crippen molar-refractivity contribution in [2.45, 2.75) is 25.6 Å². The van der Waals surface area contributed by atoms with Gasteiger partial charge < -0.3 is 9.80 Å². The first-order chi connectivity index (χ1) is 13.3. The Morgan fingerprint density at radius 3 is 2.75 bits per heavy atom. The molecule has 1 aliphatic heterocycles. The van der Waals surface area contributed by atoms with Gasteiger partial charge in [-0.25, -0.2) is 4.98 Å². The zero-order chi connectivity index (χ0) is 20.3. The average Bonchev–Trinajstić information content (AvgIpc) is 2.68. The second kappa shape index (κ2) is 8.39. The van der Waals surface area contributed by atoms with Gasteiger partial charge >= 0.3 is 6.18 Å². The average molecular weight is 412 g/mol. The van der Waals surface area contributed by atoms with Crippen LogP contribution in [-0.4, -0.2) is 35.9 Å². The van der Waals surface area contributed by atoms with Crippen molar-refractivity contribution >= 4 is 23.3 Å². The maximum Gasteiger partial charge on any atom is 0.419 e. The SMILES string of the molecule is CN(Cc1ccccc1Cl)C(=O)C1CCCN(c2ncccc2C(F)(F)F)C1. The van der Waals surface area contributed by atoms with E-state index in [-0.39, 0.29) is 24.2 Å².